The standard InChI is InChI=1S/C16H25N3O2/c1-3-12-19(13-8-10-17-11-9-13)16(20)18-14-6-4-5-7-15(14)21-2/h4-7,13,17H,3,8-12H2,1-2H3,(H,18,20). The molecule has 0 atom stereocenters. The van der Waals surface area contributed by atoms with Gasteiger partial charge in [-0.05, 0) is 44.5 Å². The monoisotopic (exact) mass is 291 g/mol. The van der Waals surface area contributed by atoms with Gasteiger partial charge >= 0.3 is 6.03 Å². The molecule has 1 aromatic carbocycles. The fourth-order valence-electron chi connectivity index (χ4n) is 2.74. The number of ether oxygens (including phenoxy) is 1. The van der Waals surface area contributed by atoms with Crippen molar-refractivity contribution >= 4 is 11.7 Å². The van der Waals surface area contributed by atoms with Crippen LogP contribution in [0.15, 0.2) is 24.3 Å². The van der Waals surface area contributed by atoms with Crippen molar-refractivity contribution < 1.29 is 9.53 Å². The van der Waals surface area contributed by atoms with Crippen LogP contribution in [0.2, 0.25) is 0 Å². The SMILES string of the molecule is CCCN(C(=O)Nc1ccccc1OC)C1CCNCC1. The van der Waals surface area contributed by atoms with Crippen molar-refractivity contribution in [3.05, 3.63) is 24.3 Å². The second-order valence-electron chi connectivity index (χ2n) is 5.31. The summed E-state index contributed by atoms with van der Waals surface area (Å²) in [5.74, 6) is 0.688. The number of piperidine rings is 1. The second-order valence-corrected chi connectivity index (χ2v) is 5.31. The van der Waals surface area contributed by atoms with Gasteiger partial charge in [-0.2, -0.15) is 0 Å². The van der Waals surface area contributed by atoms with Gasteiger partial charge in [-0.25, -0.2) is 4.79 Å². The van der Waals surface area contributed by atoms with Gasteiger partial charge in [0.2, 0.25) is 0 Å². The number of nitrogens with one attached hydrogen (secondary N) is 2. The summed E-state index contributed by atoms with van der Waals surface area (Å²) in [6, 6.07) is 7.79. The Hall–Kier alpha value is -1.75. The number of hydrogen-bond donors (Lipinski definition) is 2. The number of carbonyl (C=O) groups is 1. The molecule has 5 heteroatoms. The van der Waals surface area contributed by atoms with E-state index in [-0.39, 0.29) is 6.03 Å². The van der Waals surface area contributed by atoms with Crippen LogP contribution < -0.4 is 15.4 Å². The highest BCUT2D eigenvalue weighted by atomic mass is 16.5. The van der Waals surface area contributed by atoms with Crippen LogP contribution in [0.1, 0.15) is 26.2 Å². The van der Waals surface area contributed by atoms with E-state index in [9.17, 15) is 4.79 Å². The van der Waals surface area contributed by atoms with Crippen LogP contribution in [-0.4, -0.2) is 43.7 Å². The molecule has 1 heterocycles. The zero-order valence-corrected chi connectivity index (χ0v) is 12.9. The van der Waals surface area contributed by atoms with Crippen LogP contribution in [0.4, 0.5) is 10.5 Å². The van der Waals surface area contributed by atoms with Crippen LogP contribution >= 0.6 is 0 Å². The maximum absolute atomic E-state index is 12.6. The van der Waals surface area contributed by atoms with E-state index in [4.69, 9.17) is 4.74 Å². The predicted molar refractivity (Wildman–Crippen MR) is 84.9 cm³/mol. The minimum absolute atomic E-state index is 0.0340. The van der Waals surface area contributed by atoms with Crippen LogP contribution in [0.3, 0.4) is 0 Å². The Labute approximate surface area is 126 Å². The average molecular weight is 291 g/mol. The van der Waals surface area contributed by atoms with Gasteiger partial charge in [0, 0.05) is 12.6 Å². The minimum atomic E-state index is -0.0340. The summed E-state index contributed by atoms with van der Waals surface area (Å²) >= 11 is 0. The average Bonchev–Trinajstić information content (AvgIpc) is 2.53. The summed E-state index contributed by atoms with van der Waals surface area (Å²) < 4.78 is 5.29. The molecule has 0 spiro atoms. The summed E-state index contributed by atoms with van der Waals surface area (Å²) in [4.78, 5) is 14.6. The maximum Gasteiger partial charge on any atom is 0.322 e. The Bertz CT molecular complexity index is 459. The van der Waals surface area contributed by atoms with E-state index < -0.39 is 0 Å². The Morgan fingerprint density at radius 2 is 2.10 bits per heavy atom. The Balaban J connectivity index is 2.07. The lowest BCUT2D eigenvalue weighted by atomic mass is 10.0. The molecule has 2 N–H and O–H groups in total. The van der Waals surface area contributed by atoms with E-state index in [0.29, 0.717) is 11.8 Å². The third-order valence-corrected chi connectivity index (χ3v) is 3.82. The van der Waals surface area contributed by atoms with E-state index in [1.807, 2.05) is 29.2 Å². The first-order valence-corrected chi connectivity index (χ1v) is 7.67. The molecule has 1 fully saturated rings. The molecule has 1 saturated heterocycles. The van der Waals surface area contributed by atoms with Gasteiger partial charge in [-0.15, -0.1) is 0 Å². The fourth-order valence-corrected chi connectivity index (χ4v) is 2.74. The molecule has 2 amide bonds. The van der Waals surface area contributed by atoms with Crippen LogP contribution in [0, 0.1) is 0 Å². The number of nitrogens with zero attached hydrogens (tertiary/aromatic N) is 1. The number of methoxy groups -OCH3 is 1. The zero-order valence-electron chi connectivity index (χ0n) is 12.9. The highest BCUT2D eigenvalue weighted by molar-refractivity contribution is 5.91. The van der Waals surface area contributed by atoms with E-state index in [2.05, 4.69) is 17.6 Å². The summed E-state index contributed by atoms with van der Waals surface area (Å²) in [5, 5.41) is 6.33. The third kappa shape index (κ3) is 4.11. The number of benzene rings is 1. The smallest absolute Gasteiger partial charge is 0.322 e. The molecule has 21 heavy (non-hydrogen) atoms. The zero-order chi connectivity index (χ0) is 15.1. The minimum Gasteiger partial charge on any atom is -0.495 e. The molecule has 0 unspecified atom stereocenters. The Morgan fingerprint density at radius 1 is 1.38 bits per heavy atom. The predicted octanol–water partition coefficient (Wildman–Crippen LogP) is 2.69. The molecule has 1 aliphatic rings. The summed E-state index contributed by atoms with van der Waals surface area (Å²) in [6.45, 7) is 4.84. The molecule has 0 radical (unpaired) electrons. The first kappa shape index (κ1) is 15.6. The molecule has 1 aliphatic heterocycles. The number of urea groups is 1. The van der Waals surface area contributed by atoms with E-state index in [0.717, 1.165) is 44.6 Å². The third-order valence-electron chi connectivity index (χ3n) is 3.82. The van der Waals surface area contributed by atoms with E-state index >= 15 is 0 Å². The van der Waals surface area contributed by atoms with Gasteiger partial charge in [0.05, 0.1) is 12.8 Å². The number of anilines is 1. The normalized spacial score (nSPS) is 15.5. The number of amides is 2. The van der Waals surface area contributed by atoms with Gasteiger partial charge in [0.15, 0.2) is 0 Å². The van der Waals surface area contributed by atoms with Gasteiger partial charge < -0.3 is 20.3 Å². The first-order chi connectivity index (χ1) is 10.3. The van der Waals surface area contributed by atoms with Crippen molar-refractivity contribution in [2.75, 3.05) is 32.1 Å². The van der Waals surface area contributed by atoms with E-state index in [1.165, 1.54) is 0 Å². The van der Waals surface area contributed by atoms with E-state index in [1.54, 1.807) is 7.11 Å². The van der Waals surface area contributed by atoms with Gasteiger partial charge in [0.1, 0.15) is 5.75 Å². The number of carbonyl (C=O) groups excluding carboxylic acids is 1. The van der Waals surface area contributed by atoms with Crippen LogP contribution in [-0.2, 0) is 0 Å². The van der Waals surface area contributed by atoms with Crippen LogP contribution in [0.25, 0.3) is 0 Å². The molecule has 2 rings (SSSR count). The fraction of sp³-hybridized carbons (Fsp3) is 0.562. The first-order valence-electron chi connectivity index (χ1n) is 7.67. The Morgan fingerprint density at radius 3 is 2.76 bits per heavy atom. The lowest BCUT2D eigenvalue weighted by molar-refractivity contribution is 0.171. The highest BCUT2D eigenvalue weighted by Gasteiger charge is 2.25. The number of rotatable bonds is 5. The van der Waals surface area contributed by atoms with Gasteiger partial charge in [-0.3, -0.25) is 0 Å². The van der Waals surface area contributed by atoms with Crippen molar-refractivity contribution in [3.63, 3.8) is 0 Å². The summed E-state index contributed by atoms with van der Waals surface area (Å²) in [5.41, 5.74) is 0.722. The molecule has 0 aliphatic carbocycles. The lowest BCUT2D eigenvalue weighted by Gasteiger charge is -2.34. The van der Waals surface area contributed by atoms with Crippen molar-refractivity contribution in [1.82, 2.24) is 10.2 Å². The largest absolute Gasteiger partial charge is 0.495 e. The van der Waals surface area contributed by atoms with Crippen molar-refractivity contribution in [1.29, 1.82) is 0 Å². The second kappa shape index (κ2) is 7.88. The van der Waals surface area contributed by atoms with Gasteiger partial charge in [-0.1, -0.05) is 19.1 Å². The molecule has 0 aromatic heterocycles. The molecular weight excluding hydrogens is 266 g/mol. The van der Waals surface area contributed by atoms with Crippen molar-refractivity contribution in [2.45, 2.75) is 32.2 Å². The molecule has 116 valence electrons. The highest BCUT2D eigenvalue weighted by Crippen LogP contribution is 2.24. The summed E-state index contributed by atoms with van der Waals surface area (Å²) in [6.07, 6.45) is 2.99. The van der Waals surface area contributed by atoms with Crippen LogP contribution in [0.5, 0.6) is 5.75 Å². The number of hydrogen-bond acceptors (Lipinski definition) is 3. The topological polar surface area (TPSA) is 53.6 Å². The quantitative estimate of drug-likeness (QED) is 0.877. The lowest BCUT2D eigenvalue weighted by Crippen LogP contribution is -2.48. The van der Waals surface area contributed by atoms with Gasteiger partial charge in [0.25, 0.3) is 0 Å². The molecule has 0 bridgehead atoms. The summed E-state index contributed by atoms with van der Waals surface area (Å²) in [7, 11) is 1.61. The Kier molecular flexibility index (Phi) is 5.87. The molecule has 0 saturated carbocycles. The maximum atomic E-state index is 12.6. The number of para-hydroxylation sites is 2. The molecule has 5 nitrogen and oxygen atoms in total. The molecular formula is C16H25N3O2. The van der Waals surface area contributed by atoms with Crippen molar-refractivity contribution in [3.8, 4) is 5.75 Å². The van der Waals surface area contributed by atoms with Crippen molar-refractivity contribution in [2.24, 2.45) is 0 Å². The molecule has 1 aromatic rings.